The Bertz CT molecular complexity index is 497. The highest BCUT2D eigenvalue weighted by molar-refractivity contribution is 5.37. The Kier molecular flexibility index (Phi) is 6.32. The van der Waals surface area contributed by atoms with E-state index in [1.165, 1.54) is 43.2 Å². The third-order valence-corrected chi connectivity index (χ3v) is 4.19. The van der Waals surface area contributed by atoms with Crippen LogP contribution in [0.4, 0.5) is 0 Å². The summed E-state index contributed by atoms with van der Waals surface area (Å²) in [4.78, 5) is 0. The van der Waals surface area contributed by atoms with Crippen LogP contribution < -0.4 is 0 Å². The lowest BCUT2D eigenvalue weighted by atomic mass is 9.86. The molecule has 2 nitrogen and oxygen atoms in total. The zero-order valence-electron chi connectivity index (χ0n) is 13.3. The molecule has 0 unspecified atom stereocenters. The van der Waals surface area contributed by atoms with E-state index in [0.717, 1.165) is 6.42 Å². The Labute approximate surface area is 133 Å². The fourth-order valence-corrected chi connectivity index (χ4v) is 2.89. The number of hydrogen-bond donors (Lipinski definition) is 2. The Morgan fingerprint density at radius 3 is 1.59 bits per heavy atom. The highest BCUT2D eigenvalue weighted by Crippen LogP contribution is 2.32. The fourth-order valence-electron chi connectivity index (χ4n) is 2.89. The van der Waals surface area contributed by atoms with Crippen molar-refractivity contribution in [1.29, 1.82) is 0 Å². The normalized spacial score (nSPS) is 11.0. The summed E-state index contributed by atoms with van der Waals surface area (Å²) in [5.41, 5.74) is 2.44. The second-order valence-electron chi connectivity index (χ2n) is 5.94. The van der Waals surface area contributed by atoms with E-state index in [2.05, 4.69) is 6.92 Å². The second-order valence-corrected chi connectivity index (χ2v) is 5.94. The van der Waals surface area contributed by atoms with Gasteiger partial charge in [0.25, 0.3) is 0 Å². The molecular formula is C20H26O2. The number of phenolic OH excluding ortho intramolecular Hbond substituents is 2. The first kappa shape index (κ1) is 16.4. The van der Waals surface area contributed by atoms with Crippen molar-refractivity contribution in [1.82, 2.24) is 0 Å². The molecule has 0 spiro atoms. The number of aromatic hydroxyl groups is 2. The van der Waals surface area contributed by atoms with E-state index < -0.39 is 0 Å². The summed E-state index contributed by atoms with van der Waals surface area (Å²) < 4.78 is 0. The van der Waals surface area contributed by atoms with Crippen molar-refractivity contribution < 1.29 is 10.2 Å². The highest BCUT2D eigenvalue weighted by Gasteiger charge is 2.14. The Balaban J connectivity index is 2.10. The molecule has 0 aromatic heterocycles. The number of rotatable bonds is 8. The van der Waals surface area contributed by atoms with Gasteiger partial charge in [-0.1, -0.05) is 63.3 Å². The molecule has 0 heterocycles. The van der Waals surface area contributed by atoms with Crippen LogP contribution in [0.2, 0.25) is 0 Å². The Morgan fingerprint density at radius 2 is 1.14 bits per heavy atom. The molecular weight excluding hydrogens is 272 g/mol. The van der Waals surface area contributed by atoms with Crippen molar-refractivity contribution in [2.45, 2.75) is 51.4 Å². The van der Waals surface area contributed by atoms with Gasteiger partial charge in [-0.2, -0.15) is 0 Å². The van der Waals surface area contributed by atoms with Gasteiger partial charge in [0.05, 0.1) is 0 Å². The van der Waals surface area contributed by atoms with Gasteiger partial charge in [0.15, 0.2) is 0 Å². The maximum atomic E-state index is 9.49. The molecule has 118 valence electrons. The lowest BCUT2D eigenvalue weighted by Gasteiger charge is -2.18. The molecule has 0 saturated heterocycles. The summed E-state index contributed by atoms with van der Waals surface area (Å²) >= 11 is 0. The zero-order valence-corrected chi connectivity index (χ0v) is 13.3. The number of hydrogen-bond acceptors (Lipinski definition) is 2. The first-order valence-corrected chi connectivity index (χ1v) is 8.28. The van der Waals surface area contributed by atoms with Gasteiger partial charge in [-0.05, 0) is 41.8 Å². The van der Waals surface area contributed by atoms with Gasteiger partial charge < -0.3 is 10.2 Å². The van der Waals surface area contributed by atoms with Gasteiger partial charge in [0.1, 0.15) is 11.5 Å². The summed E-state index contributed by atoms with van der Waals surface area (Å²) in [7, 11) is 0. The second kappa shape index (κ2) is 8.47. The minimum absolute atomic E-state index is 0.302. The van der Waals surface area contributed by atoms with Crippen molar-refractivity contribution >= 4 is 0 Å². The molecule has 22 heavy (non-hydrogen) atoms. The fraction of sp³-hybridized carbons (Fsp3) is 0.400. The van der Waals surface area contributed by atoms with E-state index in [1.54, 1.807) is 24.3 Å². The average molecular weight is 298 g/mol. The van der Waals surface area contributed by atoms with Crippen LogP contribution in [-0.2, 0) is 0 Å². The van der Waals surface area contributed by atoms with Crippen LogP contribution >= 0.6 is 0 Å². The lowest BCUT2D eigenvalue weighted by Crippen LogP contribution is -2.01. The van der Waals surface area contributed by atoms with Crippen LogP contribution in [0.3, 0.4) is 0 Å². The molecule has 0 aliphatic carbocycles. The highest BCUT2D eigenvalue weighted by atomic mass is 16.3. The molecule has 2 N–H and O–H groups in total. The average Bonchev–Trinajstić information content (AvgIpc) is 2.53. The van der Waals surface area contributed by atoms with Crippen LogP contribution in [0.5, 0.6) is 11.5 Å². The van der Waals surface area contributed by atoms with E-state index >= 15 is 0 Å². The number of phenols is 2. The van der Waals surface area contributed by atoms with Crippen LogP contribution in [-0.4, -0.2) is 10.2 Å². The molecule has 0 aliphatic heterocycles. The van der Waals surface area contributed by atoms with Gasteiger partial charge in [-0.15, -0.1) is 0 Å². The Hall–Kier alpha value is -1.96. The predicted molar refractivity (Wildman–Crippen MR) is 91.4 cm³/mol. The van der Waals surface area contributed by atoms with Gasteiger partial charge >= 0.3 is 0 Å². The summed E-state index contributed by atoms with van der Waals surface area (Å²) in [6.07, 6.45) is 7.43. The van der Waals surface area contributed by atoms with Crippen LogP contribution in [0, 0.1) is 0 Å². The summed E-state index contributed by atoms with van der Waals surface area (Å²) in [6.45, 7) is 2.23. The molecule has 0 fully saturated rings. The third-order valence-electron chi connectivity index (χ3n) is 4.19. The van der Waals surface area contributed by atoms with Gasteiger partial charge in [-0.3, -0.25) is 0 Å². The Morgan fingerprint density at radius 1 is 0.682 bits per heavy atom. The standard InChI is InChI=1S/C20H26O2/c1-2-3-4-5-6-7-20(16-8-12-18(21)13-9-16)17-10-14-19(22)15-11-17/h8-15,20-22H,2-7H2,1H3. The quantitative estimate of drug-likeness (QED) is 0.624. The molecule has 2 heteroatoms. The van der Waals surface area contributed by atoms with Crippen molar-refractivity contribution in [3.05, 3.63) is 59.7 Å². The lowest BCUT2D eigenvalue weighted by molar-refractivity contribution is 0.474. The summed E-state index contributed by atoms with van der Waals surface area (Å²) in [5, 5.41) is 19.0. The number of unbranched alkanes of at least 4 members (excludes halogenated alkanes) is 4. The van der Waals surface area contributed by atoms with E-state index in [1.807, 2.05) is 24.3 Å². The van der Waals surface area contributed by atoms with Crippen molar-refractivity contribution in [2.75, 3.05) is 0 Å². The number of benzene rings is 2. The van der Waals surface area contributed by atoms with E-state index in [-0.39, 0.29) is 0 Å². The maximum Gasteiger partial charge on any atom is 0.115 e. The summed E-state index contributed by atoms with van der Waals surface area (Å²) in [6, 6.07) is 15.0. The van der Waals surface area contributed by atoms with Crippen LogP contribution in [0.25, 0.3) is 0 Å². The maximum absolute atomic E-state index is 9.49. The van der Waals surface area contributed by atoms with E-state index in [0.29, 0.717) is 17.4 Å². The molecule has 0 aliphatic rings. The topological polar surface area (TPSA) is 40.5 Å². The van der Waals surface area contributed by atoms with E-state index in [9.17, 15) is 10.2 Å². The van der Waals surface area contributed by atoms with Crippen LogP contribution in [0.15, 0.2) is 48.5 Å². The first-order chi connectivity index (χ1) is 10.7. The molecule has 2 aromatic carbocycles. The van der Waals surface area contributed by atoms with Gasteiger partial charge in [0.2, 0.25) is 0 Å². The molecule has 2 rings (SSSR count). The van der Waals surface area contributed by atoms with E-state index in [4.69, 9.17) is 0 Å². The molecule has 0 bridgehead atoms. The van der Waals surface area contributed by atoms with Crippen LogP contribution in [0.1, 0.15) is 62.5 Å². The molecule has 0 amide bonds. The molecule has 2 aromatic rings. The van der Waals surface area contributed by atoms with Crippen molar-refractivity contribution in [3.63, 3.8) is 0 Å². The minimum atomic E-state index is 0.302. The molecule has 0 radical (unpaired) electrons. The van der Waals surface area contributed by atoms with Crippen molar-refractivity contribution in [2.24, 2.45) is 0 Å². The van der Waals surface area contributed by atoms with Gasteiger partial charge in [-0.25, -0.2) is 0 Å². The summed E-state index contributed by atoms with van der Waals surface area (Å²) in [5.74, 6) is 0.926. The third kappa shape index (κ3) is 4.80. The predicted octanol–water partition coefficient (Wildman–Crippen LogP) is 5.59. The first-order valence-electron chi connectivity index (χ1n) is 8.28. The monoisotopic (exact) mass is 298 g/mol. The molecule has 0 saturated carbocycles. The molecule has 0 atom stereocenters. The van der Waals surface area contributed by atoms with Gasteiger partial charge in [0, 0.05) is 5.92 Å². The van der Waals surface area contributed by atoms with Crippen molar-refractivity contribution in [3.8, 4) is 11.5 Å². The largest absolute Gasteiger partial charge is 0.508 e. The minimum Gasteiger partial charge on any atom is -0.508 e. The zero-order chi connectivity index (χ0) is 15.8. The smallest absolute Gasteiger partial charge is 0.115 e. The SMILES string of the molecule is CCCCCCCC(c1ccc(O)cc1)c1ccc(O)cc1.